The van der Waals surface area contributed by atoms with Crippen LogP contribution in [0, 0.1) is 0 Å². The van der Waals surface area contributed by atoms with Crippen LogP contribution in [0.3, 0.4) is 0 Å². The molecule has 0 aliphatic heterocycles. The SMILES string of the molecule is CNc1cc(C(F)(F)F)ccc1-c1cc(C(C)C)ccc1OC. The maximum atomic E-state index is 12.9. The quantitative estimate of drug-likeness (QED) is 0.797. The molecular weight excluding hydrogens is 303 g/mol. The molecule has 0 aromatic heterocycles. The third-order valence-corrected chi connectivity index (χ3v) is 3.80. The highest BCUT2D eigenvalue weighted by Crippen LogP contribution is 2.40. The second-order valence-corrected chi connectivity index (χ2v) is 5.62. The Morgan fingerprint density at radius 3 is 2.22 bits per heavy atom. The van der Waals surface area contributed by atoms with Gasteiger partial charge in [-0.05, 0) is 35.7 Å². The zero-order valence-corrected chi connectivity index (χ0v) is 13.6. The predicted molar refractivity (Wildman–Crippen MR) is 87.1 cm³/mol. The van der Waals surface area contributed by atoms with E-state index in [0.29, 0.717) is 22.9 Å². The average Bonchev–Trinajstić information content (AvgIpc) is 2.52. The summed E-state index contributed by atoms with van der Waals surface area (Å²) in [5, 5.41) is 2.85. The molecule has 23 heavy (non-hydrogen) atoms. The van der Waals surface area contributed by atoms with Gasteiger partial charge in [-0.25, -0.2) is 0 Å². The Labute approximate surface area is 134 Å². The summed E-state index contributed by atoms with van der Waals surface area (Å²) in [6, 6.07) is 9.48. The van der Waals surface area contributed by atoms with E-state index >= 15 is 0 Å². The molecular formula is C18H20F3NO. The van der Waals surface area contributed by atoms with Gasteiger partial charge >= 0.3 is 6.18 Å². The van der Waals surface area contributed by atoms with Crippen molar-refractivity contribution in [2.24, 2.45) is 0 Å². The molecule has 2 aromatic carbocycles. The number of halogens is 3. The summed E-state index contributed by atoms with van der Waals surface area (Å²) in [5.74, 6) is 0.942. The van der Waals surface area contributed by atoms with Gasteiger partial charge in [-0.15, -0.1) is 0 Å². The molecule has 2 nitrogen and oxygen atoms in total. The van der Waals surface area contributed by atoms with Gasteiger partial charge in [0.25, 0.3) is 0 Å². The molecule has 1 N–H and O–H groups in total. The maximum Gasteiger partial charge on any atom is 0.416 e. The topological polar surface area (TPSA) is 21.3 Å². The molecule has 0 saturated carbocycles. The van der Waals surface area contributed by atoms with E-state index in [4.69, 9.17) is 4.74 Å². The summed E-state index contributed by atoms with van der Waals surface area (Å²) in [7, 11) is 3.16. The molecule has 0 aliphatic rings. The first-order valence-electron chi connectivity index (χ1n) is 7.35. The minimum absolute atomic E-state index is 0.312. The van der Waals surface area contributed by atoms with Crippen LogP contribution in [0.15, 0.2) is 36.4 Å². The summed E-state index contributed by atoms with van der Waals surface area (Å²) in [6.07, 6.45) is -4.37. The molecule has 0 fully saturated rings. The smallest absolute Gasteiger partial charge is 0.416 e. The molecule has 2 rings (SSSR count). The molecule has 0 saturated heterocycles. The van der Waals surface area contributed by atoms with E-state index in [1.54, 1.807) is 14.2 Å². The van der Waals surface area contributed by atoms with Crippen molar-refractivity contribution in [1.29, 1.82) is 0 Å². The standard InChI is InChI=1S/C18H20F3NO/c1-11(2)12-5-8-17(23-4)15(9-12)14-7-6-13(18(19,20)21)10-16(14)22-3/h5-11,22H,1-4H3. The fraction of sp³-hybridized carbons (Fsp3) is 0.333. The lowest BCUT2D eigenvalue weighted by Crippen LogP contribution is -2.06. The number of alkyl halides is 3. The number of methoxy groups -OCH3 is 1. The number of benzene rings is 2. The van der Waals surface area contributed by atoms with Gasteiger partial charge < -0.3 is 10.1 Å². The largest absolute Gasteiger partial charge is 0.496 e. The first kappa shape index (κ1) is 17.2. The van der Waals surface area contributed by atoms with E-state index in [-0.39, 0.29) is 0 Å². The van der Waals surface area contributed by atoms with E-state index in [2.05, 4.69) is 19.2 Å². The summed E-state index contributed by atoms with van der Waals surface area (Å²) in [5.41, 5.74) is 2.29. The second-order valence-electron chi connectivity index (χ2n) is 5.62. The van der Waals surface area contributed by atoms with Crippen molar-refractivity contribution in [3.05, 3.63) is 47.5 Å². The van der Waals surface area contributed by atoms with Gasteiger partial charge in [-0.1, -0.05) is 26.0 Å². The molecule has 0 unspecified atom stereocenters. The minimum atomic E-state index is -4.37. The van der Waals surface area contributed by atoms with Crippen LogP contribution in [0.5, 0.6) is 5.75 Å². The van der Waals surface area contributed by atoms with Crippen molar-refractivity contribution in [2.75, 3.05) is 19.5 Å². The van der Waals surface area contributed by atoms with E-state index < -0.39 is 11.7 Å². The Kier molecular flexibility index (Phi) is 4.88. The van der Waals surface area contributed by atoms with Crippen LogP contribution < -0.4 is 10.1 Å². The van der Waals surface area contributed by atoms with Crippen LogP contribution in [0.1, 0.15) is 30.9 Å². The number of rotatable bonds is 4. The highest BCUT2D eigenvalue weighted by Gasteiger charge is 2.31. The van der Waals surface area contributed by atoms with Crippen LogP contribution in [0.4, 0.5) is 18.9 Å². The van der Waals surface area contributed by atoms with Crippen LogP contribution in [-0.2, 0) is 6.18 Å². The summed E-state index contributed by atoms with van der Waals surface area (Å²) in [4.78, 5) is 0. The van der Waals surface area contributed by atoms with Gasteiger partial charge in [-0.3, -0.25) is 0 Å². The van der Waals surface area contributed by atoms with Crippen LogP contribution in [-0.4, -0.2) is 14.2 Å². The molecule has 0 spiro atoms. The van der Waals surface area contributed by atoms with E-state index in [0.717, 1.165) is 23.3 Å². The summed E-state index contributed by atoms with van der Waals surface area (Å²) >= 11 is 0. The van der Waals surface area contributed by atoms with Gasteiger partial charge in [-0.2, -0.15) is 13.2 Å². The molecule has 5 heteroatoms. The fourth-order valence-corrected chi connectivity index (χ4v) is 2.46. The number of hydrogen-bond acceptors (Lipinski definition) is 2. The van der Waals surface area contributed by atoms with Gasteiger partial charge in [0.05, 0.1) is 12.7 Å². The highest BCUT2D eigenvalue weighted by molar-refractivity contribution is 5.82. The van der Waals surface area contributed by atoms with Gasteiger partial charge in [0.2, 0.25) is 0 Å². The molecule has 0 amide bonds. The molecule has 0 atom stereocenters. The number of ether oxygens (including phenoxy) is 1. The second kappa shape index (κ2) is 6.52. The zero-order valence-electron chi connectivity index (χ0n) is 13.6. The Morgan fingerprint density at radius 2 is 1.70 bits per heavy atom. The molecule has 0 bridgehead atoms. The van der Waals surface area contributed by atoms with Gasteiger partial charge in [0, 0.05) is 23.9 Å². The van der Waals surface area contributed by atoms with Crippen molar-refractivity contribution in [3.63, 3.8) is 0 Å². The highest BCUT2D eigenvalue weighted by atomic mass is 19.4. The lowest BCUT2D eigenvalue weighted by molar-refractivity contribution is -0.137. The lowest BCUT2D eigenvalue weighted by atomic mass is 9.95. The van der Waals surface area contributed by atoms with Gasteiger partial charge in [0.15, 0.2) is 0 Å². The van der Waals surface area contributed by atoms with Crippen molar-refractivity contribution in [3.8, 4) is 16.9 Å². The van der Waals surface area contributed by atoms with Crippen molar-refractivity contribution < 1.29 is 17.9 Å². The van der Waals surface area contributed by atoms with Crippen LogP contribution in [0.2, 0.25) is 0 Å². The third kappa shape index (κ3) is 3.60. The minimum Gasteiger partial charge on any atom is -0.496 e. The lowest BCUT2D eigenvalue weighted by Gasteiger charge is -2.17. The number of hydrogen-bond donors (Lipinski definition) is 1. The summed E-state index contributed by atoms with van der Waals surface area (Å²) < 4.78 is 44.1. The van der Waals surface area contributed by atoms with E-state index in [1.807, 2.05) is 18.2 Å². The number of anilines is 1. The molecule has 0 aliphatic carbocycles. The number of nitrogens with one attached hydrogen (secondary N) is 1. The first-order valence-corrected chi connectivity index (χ1v) is 7.35. The summed E-state index contributed by atoms with van der Waals surface area (Å²) in [6.45, 7) is 4.13. The Balaban J connectivity index is 2.63. The van der Waals surface area contributed by atoms with E-state index in [9.17, 15) is 13.2 Å². The van der Waals surface area contributed by atoms with Crippen molar-refractivity contribution in [1.82, 2.24) is 0 Å². The van der Waals surface area contributed by atoms with Crippen LogP contribution >= 0.6 is 0 Å². The zero-order chi connectivity index (χ0) is 17.2. The van der Waals surface area contributed by atoms with Crippen molar-refractivity contribution in [2.45, 2.75) is 25.9 Å². The monoisotopic (exact) mass is 323 g/mol. The predicted octanol–water partition coefficient (Wildman–Crippen LogP) is 5.55. The Bertz CT molecular complexity index is 693. The first-order chi connectivity index (χ1) is 10.8. The Morgan fingerprint density at radius 1 is 1.00 bits per heavy atom. The maximum absolute atomic E-state index is 12.9. The fourth-order valence-electron chi connectivity index (χ4n) is 2.46. The van der Waals surface area contributed by atoms with Crippen molar-refractivity contribution >= 4 is 5.69 Å². The van der Waals surface area contributed by atoms with Crippen LogP contribution in [0.25, 0.3) is 11.1 Å². The normalized spacial score (nSPS) is 11.7. The molecule has 0 heterocycles. The molecule has 0 radical (unpaired) electrons. The Hall–Kier alpha value is -2.17. The molecule has 124 valence electrons. The van der Waals surface area contributed by atoms with E-state index in [1.165, 1.54) is 6.07 Å². The van der Waals surface area contributed by atoms with Gasteiger partial charge in [0.1, 0.15) is 5.75 Å². The third-order valence-electron chi connectivity index (χ3n) is 3.80. The molecule has 2 aromatic rings. The average molecular weight is 323 g/mol.